The predicted octanol–water partition coefficient (Wildman–Crippen LogP) is 0.713. The predicted molar refractivity (Wildman–Crippen MR) is 68.9 cm³/mol. The monoisotopic (exact) mass is 264 g/mol. The number of benzene rings is 1. The third-order valence-corrected chi connectivity index (χ3v) is 2.75. The molecule has 102 valence electrons. The number of para-hydroxylation sites is 1. The Labute approximate surface area is 110 Å². The number of anilines is 1. The van der Waals surface area contributed by atoms with Gasteiger partial charge in [-0.15, -0.1) is 0 Å². The molecule has 1 aliphatic rings. The summed E-state index contributed by atoms with van der Waals surface area (Å²) in [5.41, 5.74) is 6.24. The second-order valence-corrected chi connectivity index (χ2v) is 4.35. The average Bonchev–Trinajstić information content (AvgIpc) is 3.19. The summed E-state index contributed by atoms with van der Waals surface area (Å²) in [6.45, 7) is -0.298. The molecule has 6 heteroatoms. The minimum Gasteiger partial charge on any atom is -0.494 e. The van der Waals surface area contributed by atoms with E-state index in [2.05, 4.69) is 5.32 Å². The van der Waals surface area contributed by atoms with E-state index in [4.69, 9.17) is 15.2 Å². The molecule has 0 unspecified atom stereocenters. The van der Waals surface area contributed by atoms with Crippen LogP contribution < -0.4 is 15.8 Å². The van der Waals surface area contributed by atoms with Crippen molar-refractivity contribution in [1.29, 1.82) is 0 Å². The molecule has 1 fully saturated rings. The highest BCUT2D eigenvalue weighted by atomic mass is 16.5. The molecule has 1 aromatic rings. The fourth-order valence-corrected chi connectivity index (χ4v) is 1.65. The van der Waals surface area contributed by atoms with Gasteiger partial charge in [-0.25, -0.2) is 4.79 Å². The van der Waals surface area contributed by atoms with E-state index in [0.717, 1.165) is 12.8 Å². The van der Waals surface area contributed by atoms with Gasteiger partial charge in [0.1, 0.15) is 5.56 Å². The van der Waals surface area contributed by atoms with Crippen LogP contribution in [0.5, 0.6) is 5.75 Å². The molecule has 3 N–H and O–H groups in total. The van der Waals surface area contributed by atoms with Crippen LogP contribution in [0.2, 0.25) is 0 Å². The molecule has 1 aliphatic carbocycles. The first-order valence-electron chi connectivity index (χ1n) is 6.00. The minimum absolute atomic E-state index is 0.210. The first-order valence-corrected chi connectivity index (χ1v) is 6.00. The smallest absolute Gasteiger partial charge is 0.342 e. The number of methoxy groups -OCH3 is 1. The van der Waals surface area contributed by atoms with Gasteiger partial charge in [-0.3, -0.25) is 4.79 Å². The number of hydrogen-bond donors (Lipinski definition) is 2. The highest BCUT2D eigenvalue weighted by molar-refractivity contribution is 5.95. The zero-order valence-electron chi connectivity index (χ0n) is 10.6. The molecule has 0 aromatic heterocycles. The van der Waals surface area contributed by atoms with Crippen LogP contribution in [0.3, 0.4) is 0 Å². The molecule has 1 saturated carbocycles. The topological polar surface area (TPSA) is 90.7 Å². The summed E-state index contributed by atoms with van der Waals surface area (Å²) in [6.07, 6.45) is 1.98. The van der Waals surface area contributed by atoms with Gasteiger partial charge in [0, 0.05) is 6.04 Å². The second-order valence-electron chi connectivity index (χ2n) is 4.35. The van der Waals surface area contributed by atoms with Gasteiger partial charge in [0.2, 0.25) is 0 Å². The molecule has 6 nitrogen and oxygen atoms in total. The van der Waals surface area contributed by atoms with Gasteiger partial charge >= 0.3 is 5.97 Å². The van der Waals surface area contributed by atoms with Crippen LogP contribution in [0.1, 0.15) is 23.2 Å². The third-order valence-electron chi connectivity index (χ3n) is 2.75. The zero-order chi connectivity index (χ0) is 13.8. The van der Waals surface area contributed by atoms with E-state index in [0.29, 0.717) is 5.69 Å². The largest absolute Gasteiger partial charge is 0.494 e. The normalized spacial score (nSPS) is 13.7. The molecule has 0 radical (unpaired) electrons. The molecule has 19 heavy (non-hydrogen) atoms. The molecule has 0 bridgehead atoms. The van der Waals surface area contributed by atoms with Gasteiger partial charge in [0.15, 0.2) is 12.4 Å². The van der Waals surface area contributed by atoms with E-state index in [1.54, 1.807) is 12.1 Å². The number of nitrogens with two attached hydrogens (primary N) is 1. The van der Waals surface area contributed by atoms with E-state index >= 15 is 0 Å². The number of amides is 1. The van der Waals surface area contributed by atoms with Gasteiger partial charge in [-0.1, -0.05) is 6.07 Å². The molecular weight excluding hydrogens is 248 g/mol. The summed E-state index contributed by atoms with van der Waals surface area (Å²) in [4.78, 5) is 23.3. The molecule has 0 aliphatic heterocycles. The van der Waals surface area contributed by atoms with E-state index in [9.17, 15) is 9.59 Å². The summed E-state index contributed by atoms with van der Waals surface area (Å²) in [5.74, 6) is -0.663. The van der Waals surface area contributed by atoms with Crippen molar-refractivity contribution in [3.8, 4) is 5.75 Å². The standard InChI is InChI=1S/C13H16N2O4/c1-18-12-9(3-2-4-10(12)14)13(17)19-7-11(16)15-8-5-6-8/h2-4,8H,5-7,14H2,1H3,(H,15,16). The van der Waals surface area contributed by atoms with E-state index in [1.807, 2.05) is 0 Å². The average molecular weight is 264 g/mol. The van der Waals surface area contributed by atoms with Crippen molar-refractivity contribution >= 4 is 17.6 Å². The second kappa shape index (κ2) is 5.60. The molecule has 0 atom stereocenters. The number of esters is 1. The Morgan fingerprint density at radius 2 is 2.16 bits per heavy atom. The fraction of sp³-hybridized carbons (Fsp3) is 0.385. The number of hydrogen-bond acceptors (Lipinski definition) is 5. The highest BCUT2D eigenvalue weighted by Gasteiger charge is 2.24. The molecule has 1 aromatic carbocycles. The van der Waals surface area contributed by atoms with Gasteiger partial charge in [-0.05, 0) is 25.0 Å². The molecule has 1 amide bonds. The number of carbonyl (C=O) groups is 2. The number of carbonyl (C=O) groups excluding carboxylic acids is 2. The highest BCUT2D eigenvalue weighted by Crippen LogP contribution is 2.26. The quantitative estimate of drug-likeness (QED) is 0.604. The Morgan fingerprint density at radius 3 is 2.79 bits per heavy atom. The summed E-state index contributed by atoms with van der Waals surface area (Å²) in [7, 11) is 1.42. The molecule has 2 rings (SSSR count). The Morgan fingerprint density at radius 1 is 1.42 bits per heavy atom. The summed E-state index contributed by atoms with van der Waals surface area (Å²) < 4.78 is 9.98. The van der Waals surface area contributed by atoms with Gasteiger partial charge in [-0.2, -0.15) is 0 Å². The van der Waals surface area contributed by atoms with Crippen molar-refractivity contribution in [3.05, 3.63) is 23.8 Å². The van der Waals surface area contributed by atoms with Crippen LogP contribution in [0.4, 0.5) is 5.69 Å². The SMILES string of the molecule is COc1c(N)cccc1C(=O)OCC(=O)NC1CC1. The third kappa shape index (κ3) is 3.37. The number of rotatable bonds is 5. The lowest BCUT2D eigenvalue weighted by atomic mass is 10.2. The summed E-state index contributed by atoms with van der Waals surface area (Å²) >= 11 is 0. The van der Waals surface area contributed by atoms with Crippen molar-refractivity contribution in [3.63, 3.8) is 0 Å². The number of ether oxygens (including phenoxy) is 2. The number of nitrogen functional groups attached to an aromatic ring is 1. The minimum atomic E-state index is -0.630. The van der Waals surface area contributed by atoms with Crippen LogP contribution >= 0.6 is 0 Å². The lowest BCUT2D eigenvalue weighted by Gasteiger charge is -2.10. The molecule has 0 spiro atoms. The van der Waals surface area contributed by atoms with Crippen LogP contribution in [0.25, 0.3) is 0 Å². The Balaban J connectivity index is 1.95. The lowest BCUT2D eigenvalue weighted by Crippen LogP contribution is -2.30. The Kier molecular flexibility index (Phi) is 3.89. The van der Waals surface area contributed by atoms with Crippen molar-refractivity contribution in [2.75, 3.05) is 19.5 Å². The van der Waals surface area contributed by atoms with Crippen LogP contribution in [0, 0.1) is 0 Å². The first-order chi connectivity index (χ1) is 9.11. The van der Waals surface area contributed by atoms with Gasteiger partial charge in [0.05, 0.1) is 12.8 Å². The zero-order valence-corrected chi connectivity index (χ0v) is 10.6. The molecule has 0 saturated heterocycles. The van der Waals surface area contributed by atoms with Gasteiger partial charge < -0.3 is 20.5 Å². The summed E-state index contributed by atoms with van der Waals surface area (Å²) in [5, 5.41) is 2.73. The van der Waals surface area contributed by atoms with E-state index in [-0.39, 0.29) is 29.9 Å². The van der Waals surface area contributed by atoms with Gasteiger partial charge in [0.25, 0.3) is 5.91 Å². The van der Waals surface area contributed by atoms with Crippen LogP contribution in [-0.4, -0.2) is 31.6 Å². The maximum Gasteiger partial charge on any atom is 0.342 e. The van der Waals surface area contributed by atoms with E-state index in [1.165, 1.54) is 13.2 Å². The lowest BCUT2D eigenvalue weighted by molar-refractivity contribution is -0.124. The maximum atomic E-state index is 11.8. The van der Waals surface area contributed by atoms with Crippen molar-refractivity contribution in [1.82, 2.24) is 5.32 Å². The van der Waals surface area contributed by atoms with Crippen LogP contribution in [-0.2, 0) is 9.53 Å². The fourth-order valence-electron chi connectivity index (χ4n) is 1.65. The molecular formula is C13H16N2O4. The number of nitrogens with one attached hydrogen (secondary N) is 1. The summed E-state index contributed by atoms with van der Waals surface area (Å²) in [6, 6.07) is 5.03. The van der Waals surface area contributed by atoms with Crippen molar-refractivity contribution in [2.24, 2.45) is 0 Å². The Hall–Kier alpha value is -2.24. The Bertz CT molecular complexity index is 497. The van der Waals surface area contributed by atoms with Crippen molar-refractivity contribution < 1.29 is 19.1 Å². The molecule has 0 heterocycles. The van der Waals surface area contributed by atoms with Crippen molar-refractivity contribution in [2.45, 2.75) is 18.9 Å². The van der Waals surface area contributed by atoms with Crippen LogP contribution in [0.15, 0.2) is 18.2 Å². The first kappa shape index (κ1) is 13.2. The maximum absolute atomic E-state index is 11.8. The van der Waals surface area contributed by atoms with E-state index < -0.39 is 5.97 Å².